The van der Waals surface area contributed by atoms with E-state index in [9.17, 15) is 68.1 Å². The second kappa shape index (κ2) is 31.2. The Morgan fingerprint density at radius 3 is 1.76 bits per heavy atom. The molecule has 0 aromatic carbocycles. The molecule has 1 aliphatic heterocycles. The van der Waals surface area contributed by atoms with Gasteiger partial charge in [0.15, 0.2) is 0 Å². The molecule has 10 atom stereocenters. The lowest BCUT2D eigenvalue weighted by Crippen LogP contribution is -2.62. The van der Waals surface area contributed by atoms with Crippen molar-refractivity contribution in [3.05, 3.63) is 0 Å². The van der Waals surface area contributed by atoms with E-state index in [1.807, 2.05) is 0 Å². The summed E-state index contributed by atoms with van der Waals surface area (Å²) >= 11 is 9.47. The first-order valence-electron chi connectivity index (χ1n) is 21.2. The van der Waals surface area contributed by atoms with E-state index in [1.54, 1.807) is 6.26 Å². The number of carboxylic acid groups (broad SMARTS) is 1. The van der Waals surface area contributed by atoms with Crippen molar-refractivity contribution in [3.63, 3.8) is 0 Å². The molecule has 10 amide bonds. The number of nitrogens with one attached hydrogen (secondary N) is 7. The van der Waals surface area contributed by atoms with Crippen molar-refractivity contribution in [1.82, 2.24) is 42.1 Å². The van der Waals surface area contributed by atoms with Crippen molar-refractivity contribution in [2.45, 2.75) is 125 Å². The maximum atomic E-state index is 14.0. The summed E-state index contributed by atoms with van der Waals surface area (Å²) < 4.78 is 0. The Balaban J connectivity index is 3.24. The summed E-state index contributed by atoms with van der Waals surface area (Å²) in [7, 11) is 0. The minimum atomic E-state index is -1.78. The number of thiol groups is 2. The number of amides is 10. The van der Waals surface area contributed by atoms with Gasteiger partial charge in [0, 0.05) is 24.5 Å². The number of unbranched alkanes of at least 4 members (excludes halogenated alkanes) is 1. The summed E-state index contributed by atoms with van der Waals surface area (Å²) in [6.45, 7) is 0.504. The quantitative estimate of drug-likeness (QED) is 0.0220. The molecule has 0 radical (unpaired) electrons. The first-order valence-corrected chi connectivity index (χ1v) is 23.9. The van der Waals surface area contributed by atoms with Crippen molar-refractivity contribution >= 4 is 102 Å². The summed E-state index contributed by atoms with van der Waals surface area (Å²) in [4.78, 5) is 143. The van der Waals surface area contributed by atoms with Gasteiger partial charge >= 0.3 is 5.97 Å². The molecule has 0 bridgehead atoms. The highest BCUT2D eigenvalue weighted by Gasteiger charge is 2.40. The van der Waals surface area contributed by atoms with Gasteiger partial charge in [0.05, 0.1) is 25.2 Å². The molecule has 1 rings (SSSR count). The number of carbonyl (C=O) groups is 11. The maximum Gasteiger partial charge on any atom is 0.327 e. The van der Waals surface area contributed by atoms with Crippen LogP contribution in [0.5, 0.6) is 0 Å². The van der Waals surface area contributed by atoms with Gasteiger partial charge in [-0.1, -0.05) is 0 Å². The number of thioether (sulfide) groups is 1. The molecule has 1 fully saturated rings. The number of aliphatic hydroxyl groups is 2. The third-order valence-electron chi connectivity index (χ3n) is 10.2. The Morgan fingerprint density at radius 1 is 0.701 bits per heavy atom. The van der Waals surface area contributed by atoms with Crippen LogP contribution in [0.2, 0.25) is 0 Å². The van der Waals surface area contributed by atoms with Gasteiger partial charge in [-0.3, -0.25) is 47.9 Å². The van der Waals surface area contributed by atoms with Gasteiger partial charge in [-0.2, -0.15) is 37.0 Å². The number of carbonyl (C=O) groups excluding carboxylic acids is 10. The van der Waals surface area contributed by atoms with E-state index in [2.05, 4.69) is 62.5 Å². The smallest absolute Gasteiger partial charge is 0.327 e. The lowest BCUT2D eigenvalue weighted by atomic mass is 10.0. The molecule has 1 aliphatic rings. The van der Waals surface area contributed by atoms with E-state index in [4.69, 9.17) is 22.9 Å². The number of likely N-dealkylation sites (tertiary alicyclic amines) is 1. The van der Waals surface area contributed by atoms with E-state index in [-0.39, 0.29) is 63.1 Å². The van der Waals surface area contributed by atoms with Crippen LogP contribution in [-0.2, 0) is 52.7 Å². The maximum absolute atomic E-state index is 14.0. The summed E-state index contributed by atoms with van der Waals surface area (Å²) in [6, 6.07) is -13.0. The van der Waals surface area contributed by atoms with E-state index >= 15 is 0 Å². The fraction of sp³-hybridized carbons (Fsp3) is 0.711. The number of hydrogen-bond acceptors (Lipinski definition) is 18. The van der Waals surface area contributed by atoms with Crippen LogP contribution in [0, 0.1) is 0 Å². The molecule has 0 spiro atoms. The molecule has 0 unspecified atom stereocenters. The lowest BCUT2D eigenvalue weighted by Gasteiger charge is -2.31. The SMILES string of the molecule is CSCC[C@H](NC(=O)[C@@H]1CCCN1C(=O)[C@H](CS)NC(=O)[C@H](CCCCN)NC(=O)[C@@H](NC(=O)[C@H](CC(N)=O)NC(=O)[C@@H](N)CCC(N)=O)[C@@H](C)O)C(=O)N[C@@H](CO)C(=O)N[C@@H](CS)C(=O)O. The van der Waals surface area contributed by atoms with Crippen LogP contribution >= 0.6 is 37.0 Å². The van der Waals surface area contributed by atoms with Gasteiger partial charge in [0.25, 0.3) is 0 Å². The summed E-state index contributed by atoms with van der Waals surface area (Å²) in [5, 5.41) is 46.1. The highest BCUT2D eigenvalue weighted by atomic mass is 32.2. The Labute approximate surface area is 402 Å². The molecule has 1 heterocycles. The number of rotatable bonds is 32. The second-order valence-corrected chi connectivity index (χ2v) is 17.2. The Morgan fingerprint density at radius 2 is 1.24 bits per heavy atom. The predicted octanol–water partition coefficient (Wildman–Crippen LogP) is -6.96. The average molecular weight is 1010 g/mol. The Hall–Kier alpha value is -4.94. The van der Waals surface area contributed by atoms with Gasteiger partial charge in [-0.15, -0.1) is 0 Å². The van der Waals surface area contributed by atoms with Crippen LogP contribution < -0.4 is 60.2 Å². The van der Waals surface area contributed by atoms with Crippen LogP contribution in [0.1, 0.15) is 64.7 Å². The number of aliphatic hydroxyl groups excluding tert-OH is 2. The van der Waals surface area contributed by atoms with E-state index in [0.717, 1.165) is 6.92 Å². The first-order chi connectivity index (χ1) is 31.6. The average Bonchev–Trinajstić information content (AvgIpc) is 3.77. The van der Waals surface area contributed by atoms with Gasteiger partial charge in [-0.05, 0) is 70.4 Å². The number of primary amides is 2. The fourth-order valence-corrected chi connectivity index (χ4v) is 7.42. The molecule has 380 valence electrons. The van der Waals surface area contributed by atoms with Crippen molar-refractivity contribution in [1.29, 1.82) is 0 Å². The van der Waals surface area contributed by atoms with Crippen molar-refractivity contribution in [2.75, 3.05) is 43.2 Å². The molecule has 0 aromatic heterocycles. The zero-order valence-corrected chi connectivity index (χ0v) is 39.9. The topological polar surface area (TPSA) is 440 Å². The highest BCUT2D eigenvalue weighted by molar-refractivity contribution is 7.98. The number of aliphatic carboxylic acids is 1. The molecule has 0 aliphatic carbocycles. The normalized spacial score (nSPS) is 17.4. The van der Waals surface area contributed by atoms with Crippen molar-refractivity contribution in [2.24, 2.45) is 22.9 Å². The van der Waals surface area contributed by atoms with Gasteiger partial charge in [-0.25, -0.2) is 4.79 Å². The van der Waals surface area contributed by atoms with Gasteiger partial charge in [0.2, 0.25) is 59.1 Å². The minimum absolute atomic E-state index is 0.0470. The third-order valence-corrected chi connectivity index (χ3v) is 11.6. The molecule has 1 saturated heterocycles. The Bertz CT molecular complexity index is 1750. The standard InChI is InChI=1S/C38H66N12O14S3/c1-18(52)29(49-33(58)22(14-28(42)54)45-30(55)19(40)8-9-27(41)53)36(61)44-20(6-3-4-11-39)31(56)47-24(16-65)37(62)50-12-5-7-26(50)35(60)43-21(10-13-67-2)32(57)46-23(15-51)34(59)48-25(17-66)38(63)64/h18-26,29,51-52,65-66H,3-17,39-40H2,1-2H3,(H2,41,53)(H2,42,54)(H,43,60)(H,44,61)(H,45,55)(H,46,57)(H,47,56)(H,48,59)(H,49,58)(H,63,64)/t18-,19+,20+,21+,22+,23+,24+,25+,26+,29+/m1/s1. The van der Waals surface area contributed by atoms with Gasteiger partial charge in [0.1, 0.15) is 48.3 Å². The number of nitrogens with zero attached hydrogens (tertiary/aromatic N) is 1. The number of nitrogens with two attached hydrogens (primary N) is 4. The van der Waals surface area contributed by atoms with Crippen LogP contribution in [0.3, 0.4) is 0 Å². The highest BCUT2D eigenvalue weighted by Crippen LogP contribution is 2.20. The number of hydrogen-bond donors (Lipinski definition) is 16. The summed E-state index contributed by atoms with van der Waals surface area (Å²) in [5.74, 6) is -10.8. The van der Waals surface area contributed by atoms with Crippen LogP contribution in [0.25, 0.3) is 0 Å². The second-order valence-electron chi connectivity index (χ2n) is 15.5. The summed E-state index contributed by atoms with van der Waals surface area (Å²) in [6.07, 6.45) is 0.0932. The molecular weight excluding hydrogens is 945 g/mol. The monoisotopic (exact) mass is 1010 g/mol. The van der Waals surface area contributed by atoms with Crippen molar-refractivity contribution < 1.29 is 68.1 Å². The number of carboxylic acids is 1. The molecule has 0 aromatic rings. The third kappa shape index (κ3) is 20.9. The lowest BCUT2D eigenvalue weighted by molar-refractivity contribution is -0.142. The molecule has 26 nitrogen and oxygen atoms in total. The zero-order valence-electron chi connectivity index (χ0n) is 37.3. The zero-order chi connectivity index (χ0) is 51.0. The van der Waals surface area contributed by atoms with Crippen LogP contribution in [0.4, 0.5) is 0 Å². The Kier molecular flexibility index (Phi) is 27.9. The molecule has 29 heteroatoms. The van der Waals surface area contributed by atoms with Crippen molar-refractivity contribution in [3.8, 4) is 0 Å². The summed E-state index contributed by atoms with van der Waals surface area (Å²) in [5.41, 5.74) is 21.8. The van der Waals surface area contributed by atoms with Crippen LogP contribution in [-0.4, -0.2) is 189 Å². The van der Waals surface area contributed by atoms with Gasteiger partial charge < -0.3 is 80.4 Å². The van der Waals surface area contributed by atoms with Crippen LogP contribution in [0.15, 0.2) is 0 Å². The first kappa shape index (κ1) is 60.1. The fourth-order valence-electron chi connectivity index (χ4n) is 6.46. The predicted molar refractivity (Wildman–Crippen MR) is 248 cm³/mol. The molecular formula is C38H66N12O14S3. The molecule has 0 saturated carbocycles. The van der Waals surface area contributed by atoms with E-state index in [1.165, 1.54) is 16.7 Å². The molecule has 67 heavy (non-hydrogen) atoms. The minimum Gasteiger partial charge on any atom is -0.480 e. The molecule has 18 N–H and O–H groups in total. The van der Waals surface area contributed by atoms with E-state index in [0.29, 0.717) is 18.6 Å². The van der Waals surface area contributed by atoms with E-state index < -0.39 is 139 Å². The largest absolute Gasteiger partial charge is 0.480 e.